The van der Waals surface area contributed by atoms with Gasteiger partial charge in [0.25, 0.3) is 0 Å². The van der Waals surface area contributed by atoms with Crippen LogP contribution in [-0.4, -0.2) is 50.1 Å². The number of carbonyl (C=O) groups excluding carboxylic acids is 1. The van der Waals surface area contributed by atoms with E-state index >= 15 is 0 Å². The van der Waals surface area contributed by atoms with Crippen LogP contribution in [0.1, 0.15) is 5.56 Å². The number of likely N-dealkylation sites (N-methyl/N-ethyl adjacent to an activating group) is 1. The SMILES string of the molecule is CN1CCN(c2ccc(-c3ccc(NC(=O)C(N)Cc4ccccc4)s3)cc2)CC1. The Morgan fingerprint density at radius 1 is 1.00 bits per heavy atom. The van der Waals surface area contributed by atoms with Crippen LogP contribution < -0.4 is 16.0 Å². The average Bonchev–Trinajstić information content (AvgIpc) is 3.23. The van der Waals surface area contributed by atoms with Gasteiger partial charge in [-0.3, -0.25) is 4.79 Å². The maximum atomic E-state index is 12.5. The zero-order valence-electron chi connectivity index (χ0n) is 17.3. The number of benzene rings is 2. The molecular weight excluding hydrogens is 392 g/mol. The van der Waals surface area contributed by atoms with Crippen LogP contribution in [0.5, 0.6) is 0 Å². The number of anilines is 2. The smallest absolute Gasteiger partial charge is 0.242 e. The maximum absolute atomic E-state index is 12.5. The first-order valence-corrected chi connectivity index (χ1v) is 11.1. The molecule has 1 saturated heterocycles. The average molecular weight is 421 g/mol. The summed E-state index contributed by atoms with van der Waals surface area (Å²) in [5.74, 6) is -0.155. The molecule has 3 aromatic rings. The number of amides is 1. The van der Waals surface area contributed by atoms with Crippen LogP contribution >= 0.6 is 11.3 Å². The van der Waals surface area contributed by atoms with E-state index in [1.165, 1.54) is 5.69 Å². The molecule has 3 N–H and O–H groups in total. The van der Waals surface area contributed by atoms with Gasteiger partial charge < -0.3 is 20.9 Å². The topological polar surface area (TPSA) is 61.6 Å². The lowest BCUT2D eigenvalue weighted by Crippen LogP contribution is -2.44. The predicted molar refractivity (Wildman–Crippen MR) is 126 cm³/mol. The highest BCUT2D eigenvalue weighted by Crippen LogP contribution is 2.32. The Hall–Kier alpha value is -2.67. The lowest BCUT2D eigenvalue weighted by atomic mass is 10.1. The molecule has 1 atom stereocenters. The number of thiophene rings is 1. The van der Waals surface area contributed by atoms with Gasteiger partial charge in [0.1, 0.15) is 0 Å². The summed E-state index contributed by atoms with van der Waals surface area (Å²) in [5.41, 5.74) is 9.59. The van der Waals surface area contributed by atoms with Crippen molar-refractivity contribution in [3.63, 3.8) is 0 Å². The maximum Gasteiger partial charge on any atom is 0.242 e. The van der Waals surface area contributed by atoms with Crippen molar-refractivity contribution in [1.82, 2.24) is 4.90 Å². The first-order valence-electron chi connectivity index (χ1n) is 10.3. The molecule has 1 fully saturated rings. The summed E-state index contributed by atoms with van der Waals surface area (Å²) >= 11 is 1.57. The standard InChI is InChI=1S/C24H28N4OS/c1-27-13-15-28(16-14-27)20-9-7-19(8-10-20)22-11-12-23(30-22)26-24(29)21(25)17-18-5-3-2-4-6-18/h2-12,21H,13-17,25H2,1H3,(H,26,29). The van der Waals surface area contributed by atoms with Crippen molar-refractivity contribution in [3.8, 4) is 10.4 Å². The van der Waals surface area contributed by atoms with Crippen molar-refractivity contribution in [2.45, 2.75) is 12.5 Å². The van der Waals surface area contributed by atoms with Crippen LogP contribution in [0.25, 0.3) is 10.4 Å². The van der Waals surface area contributed by atoms with Gasteiger partial charge in [0.05, 0.1) is 11.0 Å². The number of nitrogens with one attached hydrogen (secondary N) is 1. The quantitative estimate of drug-likeness (QED) is 0.639. The van der Waals surface area contributed by atoms with Gasteiger partial charge in [-0.1, -0.05) is 42.5 Å². The minimum absolute atomic E-state index is 0.155. The van der Waals surface area contributed by atoms with Crippen molar-refractivity contribution in [2.24, 2.45) is 5.73 Å². The molecule has 1 aromatic heterocycles. The Kier molecular flexibility index (Phi) is 6.47. The molecule has 156 valence electrons. The van der Waals surface area contributed by atoms with E-state index < -0.39 is 6.04 Å². The Balaban J connectivity index is 1.36. The van der Waals surface area contributed by atoms with E-state index in [-0.39, 0.29) is 5.91 Å². The molecule has 0 aliphatic carbocycles. The third-order valence-corrected chi connectivity index (χ3v) is 6.56. The molecule has 4 rings (SSSR count). The van der Waals surface area contributed by atoms with Gasteiger partial charge in [-0.05, 0) is 48.9 Å². The Labute approximate surface area is 182 Å². The minimum atomic E-state index is -0.569. The highest BCUT2D eigenvalue weighted by atomic mass is 32.1. The highest BCUT2D eigenvalue weighted by Gasteiger charge is 2.16. The van der Waals surface area contributed by atoms with Crippen LogP contribution in [-0.2, 0) is 11.2 Å². The summed E-state index contributed by atoms with van der Waals surface area (Å²) < 4.78 is 0. The number of rotatable bonds is 6. The first kappa shape index (κ1) is 20.6. The van der Waals surface area contributed by atoms with E-state index in [1.54, 1.807) is 11.3 Å². The van der Waals surface area contributed by atoms with E-state index in [0.717, 1.165) is 47.2 Å². The van der Waals surface area contributed by atoms with Crippen LogP contribution in [0, 0.1) is 0 Å². The molecule has 6 heteroatoms. The Morgan fingerprint density at radius 2 is 1.70 bits per heavy atom. The van der Waals surface area contributed by atoms with Crippen molar-refractivity contribution in [2.75, 3.05) is 43.4 Å². The molecule has 1 unspecified atom stereocenters. The van der Waals surface area contributed by atoms with Crippen molar-refractivity contribution < 1.29 is 4.79 Å². The lowest BCUT2D eigenvalue weighted by molar-refractivity contribution is -0.117. The first-order chi connectivity index (χ1) is 14.6. The number of piperazine rings is 1. The third kappa shape index (κ3) is 5.08. The zero-order valence-corrected chi connectivity index (χ0v) is 18.1. The predicted octanol–water partition coefficient (Wildman–Crippen LogP) is 3.68. The molecule has 1 amide bonds. The molecule has 1 aliphatic heterocycles. The van der Waals surface area contributed by atoms with E-state index in [0.29, 0.717) is 6.42 Å². The van der Waals surface area contributed by atoms with Crippen LogP contribution in [0.15, 0.2) is 66.7 Å². The van der Waals surface area contributed by atoms with E-state index in [1.807, 2.05) is 42.5 Å². The zero-order chi connectivity index (χ0) is 20.9. The number of nitrogens with zero attached hydrogens (tertiary/aromatic N) is 2. The van der Waals surface area contributed by atoms with Gasteiger partial charge in [0, 0.05) is 36.7 Å². The second-order valence-corrected chi connectivity index (χ2v) is 8.87. The third-order valence-electron chi connectivity index (χ3n) is 5.51. The number of hydrogen-bond acceptors (Lipinski definition) is 5. The van der Waals surface area contributed by atoms with E-state index in [4.69, 9.17) is 5.73 Å². The molecule has 30 heavy (non-hydrogen) atoms. The molecule has 0 saturated carbocycles. The number of hydrogen-bond donors (Lipinski definition) is 2. The van der Waals surface area contributed by atoms with Crippen LogP contribution in [0.3, 0.4) is 0 Å². The minimum Gasteiger partial charge on any atom is -0.369 e. The fourth-order valence-corrected chi connectivity index (χ4v) is 4.55. The summed E-state index contributed by atoms with van der Waals surface area (Å²) in [6, 6.07) is 22.0. The summed E-state index contributed by atoms with van der Waals surface area (Å²) in [7, 11) is 2.17. The molecule has 2 aromatic carbocycles. The monoisotopic (exact) mass is 420 g/mol. The van der Waals surface area contributed by atoms with Gasteiger partial charge in [-0.2, -0.15) is 0 Å². The summed E-state index contributed by atoms with van der Waals surface area (Å²) in [5, 5.41) is 3.78. The van der Waals surface area contributed by atoms with Crippen molar-refractivity contribution in [1.29, 1.82) is 0 Å². The molecule has 2 heterocycles. The van der Waals surface area contributed by atoms with Crippen molar-refractivity contribution >= 4 is 27.9 Å². The van der Waals surface area contributed by atoms with Gasteiger partial charge in [0.15, 0.2) is 0 Å². The largest absolute Gasteiger partial charge is 0.369 e. The van der Waals surface area contributed by atoms with Crippen LogP contribution in [0.4, 0.5) is 10.7 Å². The fraction of sp³-hybridized carbons (Fsp3) is 0.292. The Bertz CT molecular complexity index is 962. The molecule has 1 aliphatic rings. The lowest BCUT2D eigenvalue weighted by Gasteiger charge is -2.34. The fourth-order valence-electron chi connectivity index (χ4n) is 3.64. The van der Waals surface area contributed by atoms with Gasteiger partial charge in [-0.25, -0.2) is 0 Å². The molecule has 5 nitrogen and oxygen atoms in total. The summed E-state index contributed by atoms with van der Waals surface area (Å²) in [4.78, 5) is 18.4. The molecule has 0 radical (unpaired) electrons. The number of nitrogens with two attached hydrogens (primary N) is 1. The Morgan fingerprint density at radius 3 is 2.40 bits per heavy atom. The second kappa shape index (κ2) is 9.43. The van der Waals surface area contributed by atoms with E-state index in [9.17, 15) is 4.79 Å². The summed E-state index contributed by atoms with van der Waals surface area (Å²) in [6.07, 6.45) is 0.526. The normalized spacial score (nSPS) is 15.7. The molecular formula is C24H28N4OS. The van der Waals surface area contributed by atoms with Crippen LogP contribution in [0.2, 0.25) is 0 Å². The van der Waals surface area contributed by atoms with Crippen molar-refractivity contribution in [3.05, 3.63) is 72.3 Å². The van der Waals surface area contributed by atoms with Gasteiger partial charge in [-0.15, -0.1) is 11.3 Å². The van der Waals surface area contributed by atoms with E-state index in [2.05, 4.69) is 46.4 Å². The van der Waals surface area contributed by atoms with Gasteiger partial charge >= 0.3 is 0 Å². The molecule has 0 spiro atoms. The highest BCUT2D eigenvalue weighted by molar-refractivity contribution is 7.19. The van der Waals surface area contributed by atoms with Gasteiger partial charge in [0.2, 0.25) is 5.91 Å². The summed E-state index contributed by atoms with van der Waals surface area (Å²) in [6.45, 7) is 4.33. The number of carbonyl (C=O) groups is 1. The second-order valence-electron chi connectivity index (χ2n) is 7.79. The molecule has 0 bridgehead atoms.